The van der Waals surface area contributed by atoms with Crippen molar-refractivity contribution in [2.75, 3.05) is 6.61 Å². The molecular weight excluding hydrogens is 324 g/mol. The van der Waals surface area contributed by atoms with Gasteiger partial charge in [-0.1, -0.05) is 13.0 Å². The van der Waals surface area contributed by atoms with Gasteiger partial charge >= 0.3 is 0 Å². The molecule has 2 aromatic rings. The van der Waals surface area contributed by atoms with Gasteiger partial charge in [-0.05, 0) is 37.6 Å². The van der Waals surface area contributed by atoms with E-state index in [0.717, 1.165) is 0 Å². The van der Waals surface area contributed by atoms with Crippen LogP contribution in [-0.4, -0.2) is 33.5 Å². The monoisotopic (exact) mass is 344 g/mol. The van der Waals surface area contributed by atoms with Crippen LogP contribution in [-0.2, 0) is 4.79 Å². The topological polar surface area (TPSA) is 111 Å². The van der Waals surface area contributed by atoms with E-state index in [-0.39, 0.29) is 23.9 Å². The zero-order chi connectivity index (χ0) is 18.4. The summed E-state index contributed by atoms with van der Waals surface area (Å²) in [5.41, 5.74) is 3.61. The molecule has 0 aliphatic rings. The van der Waals surface area contributed by atoms with Gasteiger partial charge in [0.05, 0.1) is 5.71 Å². The molecule has 0 aliphatic carbocycles. The minimum absolute atomic E-state index is 0.0137. The maximum atomic E-state index is 11.9. The maximum Gasteiger partial charge on any atom is 0.277 e. The molecule has 2 rings (SSSR count). The van der Waals surface area contributed by atoms with Crippen molar-refractivity contribution in [2.24, 2.45) is 5.10 Å². The summed E-state index contributed by atoms with van der Waals surface area (Å²) in [4.78, 5) is 11.9. The molecule has 0 heterocycles. The fourth-order valence-electron chi connectivity index (χ4n) is 2.14. The van der Waals surface area contributed by atoms with Gasteiger partial charge in [0.25, 0.3) is 5.91 Å². The number of ether oxygens (including phenoxy) is 1. The number of hydrazone groups is 1. The Labute approximate surface area is 145 Å². The number of benzene rings is 2. The Bertz CT molecular complexity index is 802. The van der Waals surface area contributed by atoms with Crippen molar-refractivity contribution in [2.45, 2.75) is 20.3 Å². The standard InChI is InChI=1S/C18H20N2O5/c1-3-15(14-7-8-16(22)11(2)18(14)24)19-20-17(23)10-25-13-6-4-5-12(21)9-13/h4-9,21-22,24H,3,10H2,1-2H3,(H,20,23)/b19-15+. The van der Waals surface area contributed by atoms with Gasteiger partial charge in [0.1, 0.15) is 23.0 Å². The number of amides is 1. The summed E-state index contributed by atoms with van der Waals surface area (Å²) in [7, 11) is 0. The first-order chi connectivity index (χ1) is 11.9. The van der Waals surface area contributed by atoms with Crippen molar-refractivity contribution < 1.29 is 24.9 Å². The molecule has 0 aromatic heterocycles. The fourth-order valence-corrected chi connectivity index (χ4v) is 2.14. The Morgan fingerprint density at radius 1 is 1.20 bits per heavy atom. The molecule has 7 nitrogen and oxygen atoms in total. The molecular formula is C18H20N2O5. The van der Waals surface area contributed by atoms with Crippen LogP contribution in [0.25, 0.3) is 0 Å². The van der Waals surface area contributed by atoms with E-state index in [9.17, 15) is 20.1 Å². The van der Waals surface area contributed by atoms with Crippen molar-refractivity contribution in [3.8, 4) is 23.0 Å². The molecule has 0 atom stereocenters. The Morgan fingerprint density at radius 3 is 2.64 bits per heavy atom. The molecule has 1 amide bonds. The highest BCUT2D eigenvalue weighted by molar-refractivity contribution is 6.03. The predicted octanol–water partition coefficient (Wildman–Crippen LogP) is 2.42. The third kappa shape index (κ3) is 4.63. The Kier molecular flexibility index (Phi) is 5.84. The summed E-state index contributed by atoms with van der Waals surface area (Å²) in [6.45, 7) is 3.14. The van der Waals surface area contributed by atoms with Gasteiger partial charge in [-0.15, -0.1) is 0 Å². The normalized spacial score (nSPS) is 11.2. The predicted molar refractivity (Wildman–Crippen MR) is 93.1 cm³/mol. The summed E-state index contributed by atoms with van der Waals surface area (Å²) < 4.78 is 5.26. The number of nitrogens with one attached hydrogen (secondary N) is 1. The van der Waals surface area contributed by atoms with Crippen LogP contribution in [0.4, 0.5) is 0 Å². The first-order valence-electron chi connectivity index (χ1n) is 7.71. The highest BCUT2D eigenvalue weighted by Crippen LogP contribution is 2.30. The molecule has 7 heteroatoms. The lowest BCUT2D eigenvalue weighted by Crippen LogP contribution is -2.26. The van der Waals surface area contributed by atoms with Crippen molar-refractivity contribution in [3.05, 3.63) is 47.5 Å². The van der Waals surface area contributed by atoms with Crippen LogP contribution >= 0.6 is 0 Å². The fraction of sp³-hybridized carbons (Fsp3) is 0.222. The number of aromatic hydroxyl groups is 3. The highest BCUT2D eigenvalue weighted by atomic mass is 16.5. The second-order valence-corrected chi connectivity index (χ2v) is 5.34. The van der Waals surface area contributed by atoms with Gasteiger partial charge < -0.3 is 20.1 Å². The van der Waals surface area contributed by atoms with E-state index in [0.29, 0.717) is 29.0 Å². The van der Waals surface area contributed by atoms with Crippen LogP contribution in [0, 0.1) is 6.92 Å². The van der Waals surface area contributed by atoms with Gasteiger partial charge in [-0.3, -0.25) is 4.79 Å². The molecule has 4 N–H and O–H groups in total. The number of carbonyl (C=O) groups is 1. The van der Waals surface area contributed by atoms with Crippen LogP contribution in [0.5, 0.6) is 23.0 Å². The average Bonchev–Trinajstić information content (AvgIpc) is 2.60. The average molecular weight is 344 g/mol. The number of nitrogens with zero attached hydrogens (tertiary/aromatic N) is 1. The summed E-state index contributed by atoms with van der Waals surface area (Å²) >= 11 is 0. The lowest BCUT2D eigenvalue weighted by Gasteiger charge is -2.11. The number of phenols is 3. The summed E-state index contributed by atoms with van der Waals surface area (Å²) in [5, 5.41) is 33.1. The van der Waals surface area contributed by atoms with E-state index >= 15 is 0 Å². The molecule has 2 aromatic carbocycles. The van der Waals surface area contributed by atoms with Crippen LogP contribution < -0.4 is 10.2 Å². The molecule has 0 fully saturated rings. The zero-order valence-electron chi connectivity index (χ0n) is 14.0. The second-order valence-electron chi connectivity index (χ2n) is 5.34. The van der Waals surface area contributed by atoms with E-state index in [4.69, 9.17) is 4.74 Å². The SMILES string of the molecule is CC/C(=N\NC(=O)COc1cccc(O)c1)c1ccc(O)c(C)c1O. The van der Waals surface area contributed by atoms with Gasteiger partial charge in [0.15, 0.2) is 6.61 Å². The lowest BCUT2D eigenvalue weighted by atomic mass is 10.0. The van der Waals surface area contributed by atoms with Gasteiger partial charge in [0, 0.05) is 17.2 Å². The summed E-state index contributed by atoms with van der Waals surface area (Å²) in [6.07, 6.45) is 0.464. The summed E-state index contributed by atoms with van der Waals surface area (Å²) in [6, 6.07) is 9.11. The van der Waals surface area contributed by atoms with Crippen molar-refractivity contribution in [1.29, 1.82) is 0 Å². The molecule has 0 spiro atoms. The van der Waals surface area contributed by atoms with Crippen LogP contribution in [0.1, 0.15) is 24.5 Å². The van der Waals surface area contributed by atoms with Crippen LogP contribution in [0.15, 0.2) is 41.5 Å². The molecule has 0 saturated heterocycles. The first kappa shape index (κ1) is 18.1. The number of rotatable bonds is 6. The highest BCUT2D eigenvalue weighted by Gasteiger charge is 2.13. The van der Waals surface area contributed by atoms with E-state index in [1.54, 1.807) is 19.1 Å². The molecule has 0 saturated carbocycles. The van der Waals surface area contributed by atoms with Gasteiger partial charge in [0.2, 0.25) is 0 Å². The molecule has 0 aliphatic heterocycles. The van der Waals surface area contributed by atoms with E-state index in [1.807, 2.05) is 6.92 Å². The molecule has 25 heavy (non-hydrogen) atoms. The Morgan fingerprint density at radius 2 is 1.96 bits per heavy atom. The summed E-state index contributed by atoms with van der Waals surface area (Å²) in [5.74, 6) is -0.167. The minimum Gasteiger partial charge on any atom is -0.508 e. The number of hydrogen-bond acceptors (Lipinski definition) is 6. The molecule has 0 bridgehead atoms. The number of phenolic OH excluding ortho intramolecular Hbond substituents is 3. The van der Waals surface area contributed by atoms with Crippen molar-refractivity contribution in [1.82, 2.24) is 5.43 Å². The third-order valence-electron chi connectivity index (χ3n) is 3.55. The van der Waals surface area contributed by atoms with Gasteiger partial charge in [-0.2, -0.15) is 5.10 Å². The maximum absolute atomic E-state index is 11.9. The second kappa shape index (κ2) is 8.05. The number of hydrogen-bond donors (Lipinski definition) is 4. The lowest BCUT2D eigenvalue weighted by molar-refractivity contribution is -0.123. The molecule has 0 radical (unpaired) electrons. The van der Waals surface area contributed by atoms with Gasteiger partial charge in [-0.25, -0.2) is 5.43 Å². The van der Waals surface area contributed by atoms with E-state index in [1.165, 1.54) is 24.3 Å². The molecule has 0 unspecified atom stereocenters. The number of carbonyl (C=O) groups excluding carboxylic acids is 1. The van der Waals surface area contributed by atoms with Crippen molar-refractivity contribution in [3.63, 3.8) is 0 Å². The molecule has 132 valence electrons. The quantitative estimate of drug-likeness (QED) is 0.475. The smallest absolute Gasteiger partial charge is 0.277 e. The van der Waals surface area contributed by atoms with Crippen molar-refractivity contribution >= 4 is 11.6 Å². The van der Waals surface area contributed by atoms with Crippen LogP contribution in [0.2, 0.25) is 0 Å². The van der Waals surface area contributed by atoms with E-state index < -0.39 is 5.91 Å². The van der Waals surface area contributed by atoms with Crippen LogP contribution in [0.3, 0.4) is 0 Å². The Balaban J connectivity index is 2.03. The zero-order valence-corrected chi connectivity index (χ0v) is 14.0. The first-order valence-corrected chi connectivity index (χ1v) is 7.71. The van der Waals surface area contributed by atoms with E-state index in [2.05, 4.69) is 10.5 Å². The third-order valence-corrected chi connectivity index (χ3v) is 3.55. The Hall–Kier alpha value is -3.22. The minimum atomic E-state index is -0.482. The largest absolute Gasteiger partial charge is 0.508 e.